The Kier molecular flexibility index (Phi) is 4.37. The molecule has 1 saturated carbocycles. The molecule has 0 bridgehead atoms. The number of rotatable bonds is 3. The minimum absolute atomic E-state index is 0.0832. The Morgan fingerprint density at radius 3 is 2.80 bits per heavy atom. The first-order valence-corrected chi connectivity index (χ1v) is 7.99. The van der Waals surface area contributed by atoms with E-state index >= 15 is 0 Å². The van der Waals surface area contributed by atoms with Gasteiger partial charge in [0.05, 0.1) is 0 Å². The maximum Gasteiger partial charge on any atom is 0.127 e. The summed E-state index contributed by atoms with van der Waals surface area (Å²) in [6.07, 6.45) is 8.01. The normalized spacial score (nSPS) is 27.3. The molecule has 110 valence electrons. The number of hydrogen-bond donors (Lipinski definition) is 1. The highest BCUT2D eigenvalue weighted by molar-refractivity contribution is 5.25. The summed E-state index contributed by atoms with van der Waals surface area (Å²) in [5, 5.41) is 0. The Bertz CT molecular complexity index is 458. The fourth-order valence-electron chi connectivity index (χ4n) is 4.02. The molecule has 1 saturated heterocycles. The van der Waals surface area contributed by atoms with Crippen LogP contribution < -0.4 is 5.73 Å². The van der Waals surface area contributed by atoms with E-state index in [4.69, 9.17) is 5.73 Å². The van der Waals surface area contributed by atoms with Crippen LogP contribution in [-0.4, -0.2) is 17.5 Å². The fourth-order valence-corrected chi connectivity index (χ4v) is 4.02. The lowest BCUT2D eigenvalue weighted by atomic mass is 9.78. The fraction of sp³-hybridized carbons (Fsp3) is 0.647. The van der Waals surface area contributed by atoms with Crippen molar-refractivity contribution in [2.75, 3.05) is 6.54 Å². The summed E-state index contributed by atoms with van der Waals surface area (Å²) in [6, 6.07) is 5.98. The predicted octanol–water partition coefficient (Wildman–Crippen LogP) is 3.44. The third-order valence-electron chi connectivity index (χ3n) is 5.08. The van der Waals surface area contributed by atoms with Crippen LogP contribution in [0.2, 0.25) is 0 Å². The van der Waals surface area contributed by atoms with Gasteiger partial charge in [0, 0.05) is 24.7 Å². The molecule has 2 nitrogen and oxygen atoms in total. The van der Waals surface area contributed by atoms with Gasteiger partial charge < -0.3 is 5.73 Å². The molecule has 2 N–H and O–H groups in total. The third kappa shape index (κ3) is 2.89. The second-order valence-electron chi connectivity index (χ2n) is 6.35. The number of piperidine rings is 1. The lowest BCUT2D eigenvalue weighted by molar-refractivity contribution is 0.0538. The van der Waals surface area contributed by atoms with Gasteiger partial charge in [0.25, 0.3) is 0 Å². The highest BCUT2D eigenvalue weighted by Gasteiger charge is 2.33. The maximum absolute atomic E-state index is 14.0. The molecule has 0 unspecified atom stereocenters. The summed E-state index contributed by atoms with van der Waals surface area (Å²) in [4.78, 5) is 2.52. The first-order chi connectivity index (χ1) is 9.78. The van der Waals surface area contributed by atoms with Gasteiger partial charge in [-0.3, -0.25) is 4.90 Å². The molecule has 3 heteroatoms. The Morgan fingerprint density at radius 1 is 1.15 bits per heavy atom. The Labute approximate surface area is 121 Å². The molecule has 1 aromatic rings. The highest BCUT2D eigenvalue weighted by Crippen LogP contribution is 2.36. The molecular weight excluding hydrogens is 251 g/mol. The van der Waals surface area contributed by atoms with E-state index in [0.717, 1.165) is 30.1 Å². The molecule has 0 spiro atoms. The van der Waals surface area contributed by atoms with E-state index < -0.39 is 0 Å². The Balaban J connectivity index is 1.75. The largest absolute Gasteiger partial charge is 0.326 e. The summed E-state index contributed by atoms with van der Waals surface area (Å²) in [5.41, 5.74) is 7.52. The summed E-state index contributed by atoms with van der Waals surface area (Å²) >= 11 is 0. The first-order valence-electron chi connectivity index (χ1n) is 7.99. The van der Waals surface area contributed by atoms with E-state index in [9.17, 15) is 4.39 Å². The number of halogens is 1. The van der Waals surface area contributed by atoms with Crippen molar-refractivity contribution >= 4 is 0 Å². The molecule has 2 atom stereocenters. The second kappa shape index (κ2) is 6.23. The first kappa shape index (κ1) is 14.0. The number of likely N-dealkylation sites (tertiary alicyclic amines) is 1. The van der Waals surface area contributed by atoms with Crippen LogP contribution in [0.15, 0.2) is 18.2 Å². The van der Waals surface area contributed by atoms with Gasteiger partial charge in [-0.1, -0.05) is 25.0 Å². The SMILES string of the molecule is NCc1ccc(F)c(CN2CCC[C@H]3CCCC[C@H]32)c1. The zero-order valence-electron chi connectivity index (χ0n) is 12.2. The summed E-state index contributed by atoms with van der Waals surface area (Å²) in [7, 11) is 0. The Hall–Kier alpha value is -0.930. The zero-order valence-corrected chi connectivity index (χ0v) is 12.2. The third-order valence-corrected chi connectivity index (χ3v) is 5.08. The molecule has 3 rings (SSSR count). The number of hydrogen-bond acceptors (Lipinski definition) is 2. The van der Waals surface area contributed by atoms with Crippen molar-refractivity contribution in [1.82, 2.24) is 4.90 Å². The van der Waals surface area contributed by atoms with Gasteiger partial charge in [0.1, 0.15) is 5.82 Å². The van der Waals surface area contributed by atoms with Crippen molar-refractivity contribution in [3.63, 3.8) is 0 Å². The number of fused-ring (bicyclic) bond motifs is 1. The van der Waals surface area contributed by atoms with Crippen LogP contribution in [0.25, 0.3) is 0 Å². The van der Waals surface area contributed by atoms with E-state index in [0.29, 0.717) is 12.6 Å². The average Bonchev–Trinajstić information content (AvgIpc) is 2.50. The van der Waals surface area contributed by atoms with E-state index in [1.165, 1.54) is 38.5 Å². The van der Waals surface area contributed by atoms with Gasteiger partial charge in [-0.15, -0.1) is 0 Å². The maximum atomic E-state index is 14.0. The van der Waals surface area contributed by atoms with Crippen LogP contribution in [-0.2, 0) is 13.1 Å². The van der Waals surface area contributed by atoms with E-state index in [2.05, 4.69) is 4.90 Å². The van der Waals surface area contributed by atoms with Crippen molar-refractivity contribution in [2.45, 2.75) is 57.7 Å². The summed E-state index contributed by atoms with van der Waals surface area (Å²) in [6.45, 7) is 2.35. The van der Waals surface area contributed by atoms with Gasteiger partial charge in [-0.05, 0) is 49.8 Å². The van der Waals surface area contributed by atoms with Crippen molar-refractivity contribution in [3.8, 4) is 0 Å². The molecule has 1 aromatic carbocycles. The lowest BCUT2D eigenvalue weighted by Gasteiger charge is -2.44. The molecule has 1 aliphatic carbocycles. The predicted molar refractivity (Wildman–Crippen MR) is 79.7 cm³/mol. The number of benzene rings is 1. The lowest BCUT2D eigenvalue weighted by Crippen LogP contribution is -2.46. The van der Waals surface area contributed by atoms with Crippen molar-refractivity contribution in [3.05, 3.63) is 35.1 Å². The molecule has 20 heavy (non-hydrogen) atoms. The van der Waals surface area contributed by atoms with Crippen LogP contribution in [0.3, 0.4) is 0 Å². The van der Waals surface area contributed by atoms with Crippen LogP contribution >= 0.6 is 0 Å². The molecule has 1 aliphatic heterocycles. The molecule has 2 aliphatic rings. The highest BCUT2D eigenvalue weighted by atomic mass is 19.1. The van der Waals surface area contributed by atoms with Crippen LogP contribution in [0.1, 0.15) is 49.7 Å². The van der Waals surface area contributed by atoms with Crippen LogP contribution in [0.4, 0.5) is 4.39 Å². The quantitative estimate of drug-likeness (QED) is 0.916. The molecular formula is C17H25FN2. The zero-order chi connectivity index (χ0) is 13.9. The molecule has 0 amide bonds. The topological polar surface area (TPSA) is 29.3 Å². The monoisotopic (exact) mass is 276 g/mol. The van der Waals surface area contributed by atoms with Gasteiger partial charge >= 0.3 is 0 Å². The van der Waals surface area contributed by atoms with E-state index in [1.54, 1.807) is 12.1 Å². The molecule has 0 aromatic heterocycles. The summed E-state index contributed by atoms with van der Waals surface area (Å²) < 4.78 is 14.0. The van der Waals surface area contributed by atoms with E-state index in [-0.39, 0.29) is 5.82 Å². The van der Waals surface area contributed by atoms with Gasteiger partial charge in [0.2, 0.25) is 0 Å². The van der Waals surface area contributed by atoms with Gasteiger partial charge in [-0.25, -0.2) is 4.39 Å². The molecule has 0 radical (unpaired) electrons. The van der Waals surface area contributed by atoms with Crippen molar-refractivity contribution in [2.24, 2.45) is 11.7 Å². The van der Waals surface area contributed by atoms with Crippen LogP contribution in [0, 0.1) is 11.7 Å². The van der Waals surface area contributed by atoms with Gasteiger partial charge in [-0.2, -0.15) is 0 Å². The standard InChI is InChI=1S/C17H25FN2/c18-16-8-7-13(11-19)10-15(16)12-20-9-3-5-14-4-1-2-6-17(14)20/h7-8,10,14,17H,1-6,9,11-12,19H2/t14-,17-/m1/s1. The Morgan fingerprint density at radius 2 is 1.95 bits per heavy atom. The van der Waals surface area contributed by atoms with Gasteiger partial charge in [0.15, 0.2) is 0 Å². The van der Waals surface area contributed by atoms with Crippen molar-refractivity contribution in [1.29, 1.82) is 0 Å². The average molecular weight is 276 g/mol. The van der Waals surface area contributed by atoms with E-state index in [1.807, 2.05) is 6.07 Å². The second-order valence-corrected chi connectivity index (χ2v) is 6.35. The molecule has 1 heterocycles. The number of nitrogens with two attached hydrogens (primary N) is 1. The minimum Gasteiger partial charge on any atom is -0.326 e. The smallest absolute Gasteiger partial charge is 0.127 e. The number of nitrogens with zero attached hydrogens (tertiary/aromatic N) is 1. The minimum atomic E-state index is -0.0832. The van der Waals surface area contributed by atoms with Crippen LogP contribution in [0.5, 0.6) is 0 Å². The molecule has 2 fully saturated rings. The van der Waals surface area contributed by atoms with Crippen molar-refractivity contribution < 1.29 is 4.39 Å². The summed E-state index contributed by atoms with van der Waals surface area (Å²) in [5.74, 6) is 0.762.